The summed E-state index contributed by atoms with van der Waals surface area (Å²) in [6.07, 6.45) is 5.37. The van der Waals surface area contributed by atoms with Gasteiger partial charge in [-0.15, -0.1) is 11.3 Å². The summed E-state index contributed by atoms with van der Waals surface area (Å²) in [5.41, 5.74) is 0. The number of nitrogens with zero attached hydrogens (tertiary/aromatic N) is 1. The van der Waals surface area contributed by atoms with E-state index in [1.54, 1.807) is 11.3 Å². The van der Waals surface area contributed by atoms with Crippen molar-refractivity contribution in [2.45, 2.75) is 32.2 Å². The van der Waals surface area contributed by atoms with Crippen molar-refractivity contribution >= 4 is 11.3 Å². The van der Waals surface area contributed by atoms with E-state index in [4.69, 9.17) is 0 Å². The highest BCUT2D eigenvalue weighted by molar-refractivity contribution is 7.09. The number of thiazole rings is 1. The van der Waals surface area contributed by atoms with Crippen LogP contribution < -0.4 is 5.32 Å². The average Bonchev–Trinajstić information content (AvgIpc) is 2.59. The first-order chi connectivity index (χ1) is 5.86. The summed E-state index contributed by atoms with van der Waals surface area (Å²) in [6.45, 7) is 2.21. The summed E-state index contributed by atoms with van der Waals surface area (Å²) >= 11 is 1.75. The molecule has 0 bridgehead atoms. The molecule has 0 aliphatic carbocycles. The lowest BCUT2D eigenvalue weighted by Crippen LogP contribution is -2.24. The zero-order valence-electron chi connectivity index (χ0n) is 7.71. The van der Waals surface area contributed by atoms with Crippen molar-refractivity contribution in [1.29, 1.82) is 0 Å². The molecule has 1 N–H and O–H groups in total. The summed E-state index contributed by atoms with van der Waals surface area (Å²) in [4.78, 5) is 4.25. The van der Waals surface area contributed by atoms with Crippen LogP contribution in [0.1, 0.15) is 24.8 Å². The minimum atomic E-state index is 0.647. The van der Waals surface area contributed by atoms with Crippen molar-refractivity contribution in [3.63, 3.8) is 0 Å². The summed E-state index contributed by atoms with van der Waals surface area (Å²) < 4.78 is 0. The highest BCUT2D eigenvalue weighted by Crippen LogP contribution is 2.09. The Morgan fingerprint density at radius 3 is 3.00 bits per heavy atom. The third-order valence-electron chi connectivity index (χ3n) is 2.09. The van der Waals surface area contributed by atoms with Crippen LogP contribution in [0.5, 0.6) is 0 Å². The second-order valence-corrected chi connectivity index (χ2v) is 3.84. The maximum atomic E-state index is 4.25. The zero-order chi connectivity index (χ0) is 8.81. The number of hydrogen-bond acceptors (Lipinski definition) is 3. The van der Waals surface area contributed by atoms with E-state index in [9.17, 15) is 0 Å². The Hall–Kier alpha value is -0.410. The van der Waals surface area contributed by atoms with E-state index in [2.05, 4.69) is 17.2 Å². The predicted molar refractivity (Wildman–Crippen MR) is 53.6 cm³/mol. The highest BCUT2D eigenvalue weighted by atomic mass is 32.1. The first kappa shape index (κ1) is 9.68. The van der Waals surface area contributed by atoms with Gasteiger partial charge in [-0.2, -0.15) is 0 Å². The van der Waals surface area contributed by atoms with Crippen LogP contribution >= 0.6 is 11.3 Å². The smallest absolute Gasteiger partial charge is 0.0925 e. The van der Waals surface area contributed by atoms with Gasteiger partial charge in [-0.25, -0.2) is 4.98 Å². The van der Waals surface area contributed by atoms with E-state index < -0.39 is 0 Å². The number of nitrogens with one attached hydrogen (secondary N) is 1. The molecule has 1 unspecified atom stereocenters. The molecule has 0 fully saturated rings. The average molecular weight is 184 g/mol. The van der Waals surface area contributed by atoms with E-state index in [-0.39, 0.29) is 0 Å². The quantitative estimate of drug-likeness (QED) is 0.758. The van der Waals surface area contributed by atoms with Gasteiger partial charge >= 0.3 is 0 Å². The van der Waals surface area contributed by atoms with Gasteiger partial charge in [0.05, 0.1) is 5.01 Å². The number of rotatable bonds is 5. The van der Waals surface area contributed by atoms with Gasteiger partial charge in [0.1, 0.15) is 0 Å². The zero-order valence-corrected chi connectivity index (χ0v) is 8.53. The fraction of sp³-hybridized carbons (Fsp3) is 0.667. The Bertz CT molecular complexity index is 192. The molecule has 0 amide bonds. The normalized spacial score (nSPS) is 13.2. The molecule has 0 radical (unpaired) electrons. The minimum Gasteiger partial charge on any atom is -0.317 e. The molecule has 2 nitrogen and oxygen atoms in total. The lowest BCUT2D eigenvalue weighted by molar-refractivity contribution is 0.508. The fourth-order valence-corrected chi connectivity index (χ4v) is 1.86. The van der Waals surface area contributed by atoms with Crippen LogP contribution in [0.3, 0.4) is 0 Å². The van der Waals surface area contributed by atoms with E-state index in [1.807, 2.05) is 18.6 Å². The molecule has 1 heterocycles. The van der Waals surface area contributed by atoms with Crippen LogP contribution in [0.15, 0.2) is 11.6 Å². The van der Waals surface area contributed by atoms with Crippen LogP contribution in [0.4, 0.5) is 0 Å². The van der Waals surface area contributed by atoms with Crippen LogP contribution in [-0.4, -0.2) is 18.1 Å². The molecule has 1 aromatic rings. The summed E-state index contributed by atoms with van der Waals surface area (Å²) in [5.74, 6) is 0. The van der Waals surface area contributed by atoms with Crippen molar-refractivity contribution in [3.8, 4) is 0 Å². The molecule has 68 valence electrons. The van der Waals surface area contributed by atoms with E-state index in [0.717, 1.165) is 6.42 Å². The van der Waals surface area contributed by atoms with Crippen molar-refractivity contribution in [1.82, 2.24) is 10.3 Å². The monoisotopic (exact) mass is 184 g/mol. The standard InChI is InChI=1S/C9H16N2S/c1-3-8(10-2)4-5-9-11-6-7-12-9/h6-8,10H,3-5H2,1-2H3. The maximum Gasteiger partial charge on any atom is 0.0925 e. The molecule has 0 aliphatic heterocycles. The first-order valence-electron chi connectivity index (χ1n) is 4.42. The molecule has 12 heavy (non-hydrogen) atoms. The van der Waals surface area contributed by atoms with Gasteiger partial charge < -0.3 is 5.32 Å². The maximum absolute atomic E-state index is 4.25. The molecule has 3 heteroatoms. The van der Waals surface area contributed by atoms with Crippen molar-refractivity contribution in [2.24, 2.45) is 0 Å². The lowest BCUT2D eigenvalue weighted by atomic mass is 10.1. The van der Waals surface area contributed by atoms with Crippen LogP contribution in [0.2, 0.25) is 0 Å². The van der Waals surface area contributed by atoms with Crippen molar-refractivity contribution in [3.05, 3.63) is 16.6 Å². The van der Waals surface area contributed by atoms with Gasteiger partial charge in [0.15, 0.2) is 0 Å². The Morgan fingerprint density at radius 1 is 1.67 bits per heavy atom. The molecule has 0 saturated heterocycles. The van der Waals surface area contributed by atoms with Gasteiger partial charge in [0.2, 0.25) is 0 Å². The van der Waals surface area contributed by atoms with Crippen LogP contribution in [0.25, 0.3) is 0 Å². The van der Waals surface area contributed by atoms with E-state index >= 15 is 0 Å². The highest BCUT2D eigenvalue weighted by Gasteiger charge is 2.03. The van der Waals surface area contributed by atoms with Gasteiger partial charge in [-0.3, -0.25) is 0 Å². The van der Waals surface area contributed by atoms with Crippen molar-refractivity contribution in [2.75, 3.05) is 7.05 Å². The Labute approximate surface area is 78.0 Å². The SMILES string of the molecule is CCC(CCc1nccs1)NC. The third-order valence-corrected chi connectivity index (χ3v) is 2.93. The molecule has 0 aromatic carbocycles. The molecular weight excluding hydrogens is 168 g/mol. The lowest BCUT2D eigenvalue weighted by Gasteiger charge is -2.11. The molecule has 1 rings (SSSR count). The Morgan fingerprint density at radius 2 is 2.50 bits per heavy atom. The van der Waals surface area contributed by atoms with E-state index in [0.29, 0.717) is 6.04 Å². The van der Waals surface area contributed by atoms with Gasteiger partial charge in [-0.05, 0) is 19.9 Å². The third kappa shape index (κ3) is 2.91. The van der Waals surface area contributed by atoms with E-state index in [1.165, 1.54) is 17.8 Å². The Balaban J connectivity index is 2.25. The first-order valence-corrected chi connectivity index (χ1v) is 5.30. The minimum absolute atomic E-state index is 0.647. The van der Waals surface area contributed by atoms with Crippen LogP contribution in [-0.2, 0) is 6.42 Å². The molecule has 0 saturated carbocycles. The number of aryl methyl sites for hydroxylation is 1. The van der Waals surface area contributed by atoms with Crippen molar-refractivity contribution < 1.29 is 0 Å². The molecule has 1 aromatic heterocycles. The molecular formula is C9H16N2S. The Kier molecular flexibility index (Phi) is 4.25. The van der Waals surface area contributed by atoms with Gasteiger partial charge in [-0.1, -0.05) is 6.92 Å². The van der Waals surface area contributed by atoms with Gasteiger partial charge in [0.25, 0.3) is 0 Å². The molecule has 0 aliphatic rings. The number of hydrogen-bond donors (Lipinski definition) is 1. The second kappa shape index (κ2) is 5.27. The molecule has 0 spiro atoms. The van der Waals surface area contributed by atoms with Gasteiger partial charge in [0, 0.05) is 24.0 Å². The predicted octanol–water partition coefficient (Wildman–Crippen LogP) is 2.07. The molecule has 1 atom stereocenters. The fourth-order valence-electron chi connectivity index (χ4n) is 1.23. The topological polar surface area (TPSA) is 24.9 Å². The summed E-state index contributed by atoms with van der Waals surface area (Å²) in [7, 11) is 2.02. The summed E-state index contributed by atoms with van der Waals surface area (Å²) in [5, 5.41) is 6.58. The number of aromatic nitrogens is 1. The largest absolute Gasteiger partial charge is 0.317 e. The van der Waals surface area contributed by atoms with Crippen LogP contribution in [0, 0.1) is 0 Å². The second-order valence-electron chi connectivity index (χ2n) is 2.86. The summed E-state index contributed by atoms with van der Waals surface area (Å²) in [6, 6.07) is 0.647.